The average Bonchev–Trinajstić information content (AvgIpc) is 2.53. The molecule has 4 rings (SSSR count). The van der Waals surface area contributed by atoms with Crippen LogP contribution < -0.4 is 0 Å². The summed E-state index contributed by atoms with van der Waals surface area (Å²) < 4.78 is 5.53. The van der Waals surface area contributed by atoms with Crippen LogP contribution in [0.3, 0.4) is 0 Å². The highest BCUT2D eigenvalue weighted by molar-refractivity contribution is 7.99. The number of aliphatic hydroxyl groups is 1. The third-order valence-electron chi connectivity index (χ3n) is 6.02. The van der Waals surface area contributed by atoms with Crippen molar-refractivity contribution in [1.82, 2.24) is 4.90 Å². The molecule has 3 unspecified atom stereocenters. The number of rotatable bonds is 2. The zero-order valence-electron chi connectivity index (χ0n) is 15.3. The van der Waals surface area contributed by atoms with Crippen molar-refractivity contribution < 1.29 is 24.5 Å². The molecule has 142 valence electrons. The van der Waals surface area contributed by atoms with Gasteiger partial charge in [0.15, 0.2) is 0 Å². The Morgan fingerprint density at radius 2 is 1.84 bits per heavy atom. The normalized spacial score (nSPS) is 34.6. The number of hydrogen-bond acceptors (Lipinski definition) is 5. The molecule has 0 aromatic heterocycles. The molecule has 0 spiro atoms. The van der Waals surface area contributed by atoms with Crippen molar-refractivity contribution in [2.24, 2.45) is 11.3 Å². The van der Waals surface area contributed by atoms with Crippen molar-refractivity contribution in [3.8, 4) is 0 Å². The minimum absolute atomic E-state index is 0.104. The van der Waals surface area contributed by atoms with Gasteiger partial charge in [-0.2, -0.15) is 11.8 Å². The van der Waals surface area contributed by atoms with Gasteiger partial charge < -0.3 is 19.8 Å². The summed E-state index contributed by atoms with van der Waals surface area (Å²) in [5, 5.41) is 21.6. The number of carboxylic acid groups (broad SMARTS) is 1. The summed E-state index contributed by atoms with van der Waals surface area (Å²) >= 11 is 1.75. The summed E-state index contributed by atoms with van der Waals surface area (Å²) in [6, 6.07) is -0.502. The van der Waals surface area contributed by atoms with Crippen LogP contribution in [0, 0.1) is 11.3 Å². The zero-order valence-corrected chi connectivity index (χ0v) is 16.1. The van der Waals surface area contributed by atoms with Gasteiger partial charge in [0, 0.05) is 6.54 Å². The standard InChI is InChI=1S/C18H29NO5S/c1-16(2,3)24-15(22)19-11-12-4-5-13(19)18(10-12,14(20)21)17(23)6-8-25-9-7-17/h12-13,23H,4-11H2,1-3H3,(H,20,21). The molecule has 25 heavy (non-hydrogen) atoms. The fraction of sp³-hybridized carbons (Fsp3) is 0.889. The lowest BCUT2D eigenvalue weighted by Gasteiger charge is -2.60. The summed E-state index contributed by atoms with van der Waals surface area (Å²) in [6.45, 7) is 5.95. The Morgan fingerprint density at radius 1 is 1.20 bits per heavy atom. The monoisotopic (exact) mass is 371 g/mol. The molecule has 3 atom stereocenters. The van der Waals surface area contributed by atoms with Crippen LogP contribution in [0.4, 0.5) is 4.79 Å². The van der Waals surface area contributed by atoms with E-state index < -0.39 is 34.7 Å². The third kappa shape index (κ3) is 3.14. The summed E-state index contributed by atoms with van der Waals surface area (Å²) in [6.07, 6.45) is 2.45. The van der Waals surface area contributed by atoms with Crippen LogP contribution in [-0.4, -0.2) is 62.5 Å². The number of carbonyl (C=O) groups is 2. The predicted octanol–water partition coefficient (Wildman–Crippen LogP) is 2.73. The molecule has 3 saturated heterocycles. The van der Waals surface area contributed by atoms with Crippen LogP contribution in [0.5, 0.6) is 0 Å². The summed E-state index contributed by atoms with van der Waals surface area (Å²) in [4.78, 5) is 26.8. The van der Waals surface area contributed by atoms with E-state index in [9.17, 15) is 19.8 Å². The van der Waals surface area contributed by atoms with Crippen LogP contribution in [0.15, 0.2) is 0 Å². The van der Waals surface area contributed by atoms with E-state index in [-0.39, 0.29) is 5.92 Å². The summed E-state index contributed by atoms with van der Waals surface area (Å²) in [5.74, 6) is 0.655. The number of fused-ring (bicyclic) bond motifs is 3. The molecule has 0 radical (unpaired) electrons. The number of ether oxygens (including phenoxy) is 1. The molecule has 6 nitrogen and oxygen atoms in total. The Kier molecular flexibility index (Phi) is 4.77. The van der Waals surface area contributed by atoms with Gasteiger partial charge in [0.25, 0.3) is 0 Å². The van der Waals surface area contributed by atoms with Crippen molar-refractivity contribution in [3.05, 3.63) is 0 Å². The highest BCUT2D eigenvalue weighted by Gasteiger charge is 2.66. The second-order valence-electron chi connectivity index (χ2n) is 8.72. The molecular weight excluding hydrogens is 342 g/mol. The van der Waals surface area contributed by atoms with Crippen molar-refractivity contribution in [2.45, 2.75) is 70.1 Å². The first-order valence-corrected chi connectivity index (χ1v) is 10.3. The van der Waals surface area contributed by atoms with E-state index in [1.165, 1.54) is 0 Å². The van der Waals surface area contributed by atoms with Gasteiger partial charge in [0.1, 0.15) is 11.0 Å². The molecule has 4 fully saturated rings. The largest absolute Gasteiger partial charge is 0.481 e. The van der Waals surface area contributed by atoms with Crippen molar-refractivity contribution in [1.29, 1.82) is 0 Å². The zero-order chi connectivity index (χ0) is 18.5. The quantitative estimate of drug-likeness (QED) is 0.776. The number of thioether (sulfide) groups is 1. The number of aliphatic carboxylic acids is 1. The lowest BCUT2D eigenvalue weighted by Crippen LogP contribution is -2.71. The topological polar surface area (TPSA) is 87.1 Å². The van der Waals surface area contributed by atoms with Crippen molar-refractivity contribution in [3.63, 3.8) is 0 Å². The SMILES string of the molecule is CC(C)(C)OC(=O)N1CC2CCC1C(C(=O)O)(C1(O)CCSCC1)C2. The van der Waals surface area contributed by atoms with Gasteiger partial charge in [-0.3, -0.25) is 4.79 Å². The van der Waals surface area contributed by atoms with Crippen LogP contribution in [-0.2, 0) is 9.53 Å². The molecule has 7 heteroatoms. The molecule has 4 aliphatic rings. The number of piperidine rings is 2. The predicted molar refractivity (Wildman–Crippen MR) is 95.6 cm³/mol. The van der Waals surface area contributed by atoms with Gasteiger partial charge >= 0.3 is 12.1 Å². The Bertz CT molecular complexity index is 554. The molecule has 1 aliphatic carbocycles. The number of amides is 1. The van der Waals surface area contributed by atoms with Crippen molar-refractivity contribution in [2.75, 3.05) is 18.1 Å². The maximum atomic E-state index is 12.7. The Hall–Kier alpha value is -0.950. The second-order valence-corrected chi connectivity index (χ2v) is 9.94. The summed E-state index contributed by atoms with van der Waals surface area (Å²) in [7, 11) is 0. The molecule has 1 saturated carbocycles. The van der Waals surface area contributed by atoms with Gasteiger partial charge in [-0.15, -0.1) is 0 Å². The van der Waals surface area contributed by atoms with E-state index in [2.05, 4.69) is 0 Å². The molecule has 1 amide bonds. The molecule has 0 aromatic rings. The minimum atomic E-state index is -1.29. The van der Waals surface area contributed by atoms with Gasteiger partial charge in [-0.25, -0.2) is 4.79 Å². The fourth-order valence-electron chi connectivity index (χ4n) is 4.92. The fourth-order valence-corrected chi connectivity index (χ4v) is 6.09. The van der Waals surface area contributed by atoms with E-state index in [0.29, 0.717) is 32.2 Å². The third-order valence-corrected chi connectivity index (χ3v) is 7.00. The first kappa shape index (κ1) is 18.8. The Balaban J connectivity index is 1.96. The number of carboxylic acids is 1. The smallest absolute Gasteiger partial charge is 0.410 e. The lowest BCUT2D eigenvalue weighted by atomic mass is 9.53. The highest BCUT2D eigenvalue weighted by atomic mass is 32.2. The first-order valence-electron chi connectivity index (χ1n) is 9.12. The lowest BCUT2D eigenvalue weighted by molar-refractivity contribution is -0.205. The molecule has 0 aromatic carbocycles. The maximum absolute atomic E-state index is 12.7. The Labute approximate surface area is 153 Å². The van der Waals surface area contributed by atoms with E-state index in [1.54, 1.807) is 16.7 Å². The number of nitrogens with zero attached hydrogens (tertiary/aromatic N) is 1. The Morgan fingerprint density at radius 3 is 2.36 bits per heavy atom. The van der Waals surface area contributed by atoms with Crippen molar-refractivity contribution >= 4 is 23.8 Å². The van der Waals surface area contributed by atoms with E-state index in [4.69, 9.17) is 4.74 Å². The van der Waals surface area contributed by atoms with Gasteiger partial charge in [0.2, 0.25) is 0 Å². The molecule has 3 heterocycles. The average molecular weight is 371 g/mol. The van der Waals surface area contributed by atoms with Crippen LogP contribution in [0.2, 0.25) is 0 Å². The van der Waals surface area contributed by atoms with Gasteiger partial charge in [-0.05, 0) is 70.3 Å². The molecular formula is C18H29NO5S. The molecule has 3 aliphatic heterocycles. The highest BCUT2D eigenvalue weighted by Crippen LogP contribution is 2.56. The number of hydrogen-bond donors (Lipinski definition) is 2. The van der Waals surface area contributed by atoms with Gasteiger partial charge in [0.05, 0.1) is 11.6 Å². The van der Waals surface area contributed by atoms with E-state index >= 15 is 0 Å². The van der Waals surface area contributed by atoms with Crippen LogP contribution >= 0.6 is 11.8 Å². The first-order chi connectivity index (χ1) is 11.6. The van der Waals surface area contributed by atoms with Crippen LogP contribution in [0.25, 0.3) is 0 Å². The number of carbonyl (C=O) groups excluding carboxylic acids is 1. The minimum Gasteiger partial charge on any atom is -0.481 e. The van der Waals surface area contributed by atoms with E-state index in [1.807, 2.05) is 20.8 Å². The second kappa shape index (κ2) is 6.34. The summed E-state index contributed by atoms with van der Waals surface area (Å²) in [5.41, 5.74) is -3.17. The van der Waals surface area contributed by atoms with Crippen LogP contribution in [0.1, 0.15) is 52.9 Å². The molecule has 2 bridgehead atoms. The van der Waals surface area contributed by atoms with Gasteiger partial charge in [-0.1, -0.05) is 0 Å². The molecule has 2 N–H and O–H groups in total. The maximum Gasteiger partial charge on any atom is 0.410 e. The van der Waals surface area contributed by atoms with E-state index in [0.717, 1.165) is 17.9 Å².